The van der Waals surface area contributed by atoms with E-state index in [-0.39, 0.29) is 12.6 Å². The van der Waals surface area contributed by atoms with Gasteiger partial charge in [-0.05, 0) is 30.7 Å². The fourth-order valence-electron chi connectivity index (χ4n) is 3.71. The highest BCUT2D eigenvalue weighted by atomic mass is 16.6. The maximum Gasteiger partial charge on any atom is 0.305 e. The van der Waals surface area contributed by atoms with Gasteiger partial charge >= 0.3 is 5.97 Å². The van der Waals surface area contributed by atoms with E-state index in [1.54, 1.807) is 24.3 Å². The molecular weight excluding hydrogens is 616 g/mol. The van der Waals surface area contributed by atoms with Crippen LogP contribution in [0, 0.1) is 0 Å². The van der Waals surface area contributed by atoms with Gasteiger partial charge in [0.25, 0.3) is 0 Å². The number of carbonyl (C=O) groups is 2. The van der Waals surface area contributed by atoms with Crippen molar-refractivity contribution in [1.29, 1.82) is 0 Å². The lowest BCUT2D eigenvalue weighted by Gasteiger charge is -2.09. The summed E-state index contributed by atoms with van der Waals surface area (Å²) in [6.07, 6.45) is 5.54. The molecule has 0 radical (unpaired) electrons. The van der Waals surface area contributed by atoms with Crippen LogP contribution in [-0.4, -0.2) is 144 Å². The van der Waals surface area contributed by atoms with Crippen molar-refractivity contribution >= 4 is 12.3 Å². The van der Waals surface area contributed by atoms with Gasteiger partial charge in [-0.1, -0.05) is 26.2 Å². The molecule has 47 heavy (non-hydrogen) atoms. The van der Waals surface area contributed by atoms with E-state index < -0.39 is 0 Å². The number of unbranched alkanes of at least 4 members (excludes halogenated alkanes) is 3. The average Bonchev–Trinajstić information content (AvgIpc) is 3.09. The lowest BCUT2D eigenvalue weighted by Crippen LogP contribution is -2.15. The molecule has 13 heteroatoms. The molecule has 0 fully saturated rings. The summed E-state index contributed by atoms with van der Waals surface area (Å²) in [7, 11) is 0. The molecule has 0 aliphatic heterocycles. The molecule has 1 aromatic carbocycles. The molecule has 0 saturated carbocycles. The largest absolute Gasteiger partial charge is 0.491 e. The van der Waals surface area contributed by atoms with Crippen LogP contribution in [-0.2, 0) is 52.2 Å². The summed E-state index contributed by atoms with van der Waals surface area (Å²) in [6.45, 7) is 11.4. The Balaban J connectivity index is 1.65. The number of benzene rings is 1. The number of ether oxygens (including phenoxy) is 11. The summed E-state index contributed by atoms with van der Waals surface area (Å²) < 4.78 is 59.8. The Kier molecular flexibility index (Phi) is 32.0. The van der Waals surface area contributed by atoms with Crippen LogP contribution in [0.2, 0.25) is 0 Å². The third-order valence-electron chi connectivity index (χ3n) is 6.21. The fourth-order valence-corrected chi connectivity index (χ4v) is 3.71. The lowest BCUT2D eigenvalue weighted by molar-refractivity contribution is -0.145. The normalized spacial score (nSPS) is 11.2. The smallest absolute Gasteiger partial charge is 0.305 e. The van der Waals surface area contributed by atoms with Crippen LogP contribution in [0.25, 0.3) is 0 Å². The zero-order valence-corrected chi connectivity index (χ0v) is 28.4. The van der Waals surface area contributed by atoms with Gasteiger partial charge in [-0.25, -0.2) is 0 Å². The second-order valence-electron chi connectivity index (χ2n) is 10.1. The number of hydrogen-bond donors (Lipinski definition) is 0. The monoisotopic (exact) mass is 674 g/mol. The van der Waals surface area contributed by atoms with Gasteiger partial charge in [-0.3, -0.25) is 9.59 Å². The summed E-state index contributed by atoms with van der Waals surface area (Å²) in [5.41, 5.74) is 0.616. The Morgan fingerprint density at radius 3 is 1.21 bits per heavy atom. The first-order valence-corrected chi connectivity index (χ1v) is 16.8. The van der Waals surface area contributed by atoms with Gasteiger partial charge in [0.15, 0.2) is 0 Å². The highest BCUT2D eigenvalue weighted by molar-refractivity contribution is 5.74. The van der Waals surface area contributed by atoms with Crippen molar-refractivity contribution in [1.82, 2.24) is 0 Å². The predicted octanol–water partition coefficient (Wildman–Crippen LogP) is 3.54. The van der Waals surface area contributed by atoms with Gasteiger partial charge in [-0.2, -0.15) is 0 Å². The van der Waals surface area contributed by atoms with Gasteiger partial charge < -0.3 is 52.1 Å². The Hall–Kier alpha value is -2.20. The molecule has 1 aromatic rings. The second kappa shape index (κ2) is 35.1. The Morgan fingerprint density at radius 2 is 0.851 bits per heavy atom. The predicted molar refractivity (Wildman–Crippen MR) is 174 cm³/mol. The Labute approximate surface area is 280 Å². The number of aldehydes is 1. The molecule has 0 aliphatic rings. The second-order valence-corrected chi connectivity index (χ2v) is 10.1. The quantitative estimate of drug-likeness (QED) is 0.0579. The molecule has 0 spiro atoms. The number of carbonyl (C=O) groups excluding carboxylic acids is 2. The van der Waals surface area contributed by atoms with E-state index in [4.69, 9.17) is 52.1 Å². The molecule has 0 amide bonds. The molecule has 0 aliphatic carbocycles. The van der Waals surface area contributed by atoms with Crippen LogP contribution in [0.1, 0.15) is 49.4 Å². The Morgan fingerprint density at radius 1 is 0.489 bits per heavy atom. The molecule has 0 bridgehead atoms. The minimum absolute atomic E-state index is 0.155. The molecule has 0 unspecified atom stereocenters. The zero-order chi connectivity index (χ0) is 33.7. The van der Waals surface area contributed by atoms with Crippen LogP contribution < -0.4 is 4.74 Å². The van der Waals surface area contributed by atoms with Crippen molar-refractivity contribution in [2.24, 2.45) is 0 Å². The third kappa shape index (κ3) is 30.9. The van der Waals surface area contributed by atoms with Crippen molar-refractivity contribution in [3.05, 3.63) is 29.8 Å². The van der Waals surface area contributed by atoms with E-state index in [1.165, 1.54) is 0 Å². The van der Waals surface area contributed by atoms with E-state index >= 15 is 0 Å². The van der Waals surface area contributed by atoms with Crippen molar-refractivity contribution in [3.8, 4) is 5.75 Å². The van der Waals surface area contributed by atoms with Crippen LogP contribution in [0.4, 0.5) is 0 Å². The number of rotatable bonds is 37. The first kappa shape index (κ1) is 42.8. The molecule has 0 atom stereocenters. The fraction of sp³-hybridized carbons (Fsp3) is 0.765. The Bertz CT molecular complexity index is 810. The summed E-state index contributed by atoms with van der Waals surface area (Å²) in [5, 5.41) is 0. The van der Waals surface area contributed by atoms with Gasteiger partial charge in [0, 0.05) is 12.0 Å². The van der Waals surface area contributed by atoms with Gasteiger partial charge in [0.1, 0.15) is 25.2 Å². The van der Waals surface area contributed by atoms with Crippen molar-refractivity contribution < 1.29 is 61.7 Å². The van der Waals surface area contributed by atoms with E-state index in [0.717, 1.165) is 32.0 Å². The van der Waals surface area contributed by atoms with E-state index in [1.807, 2.05) is 0 Å². The van der Waals surface area contributed by atoms with Gasteiger partial charge in [-0.15, -0.1) is 0 Å². The topological polar surface area (TPSA) is 136 Å². The first-order chi connectivity index (χ1) is 23.3. The van der Waals surface area contributed by atoms with Crippen LogP contribution in [0.5, 0.6) is 5.75 Å². The van der Waals surface area contributed by atoms with Crippen LogP contribution in [0.15, 0.2) is 24.3 Å². The molecule has 0 heterocycles. The van der Waals surface area contributed by atoms with Crippen molar-refractivity contribution in [3.63, 3.8) is 0 Å². The molecule has 272 valence electrons. The SMILES string of the molecule is CCCCCCC(=O)OCCOCCOCCOCCOCCOCCOCCOCCOCCOCCOc1ccc(C=O)cc1. The highest BCUT2D eigenvalue weighted by Crippen LogP contribution is 2.10. The van der Waals surface area contributed by atoms with E-state index in [0.29, 0.717) is 143 Å². The van der Waals surface area contributed by atoms with Gasteiger partial charge in [0.2, 0.25) is 0 Å². The standard InChI is InChI=1S/C34H58O13/c1-2-3-4-5-6-34(36)47-30-28-45-26-24-43-22-20-41-18-16-39-14-12-37-11-13-38-15-17-40-19-21-42-23-25-44-27-29-46-33-9-7-32(31-35)8-10-33/h7-10,31H,2-6,11-30H2,1H3. The summed E-state index contributed by atoms with van der Waals surface area (Å²) in [5.74, 6) is 0.546. The average molecular weight is 675 g/mol. The third-order valence-corrected chi connectivity index (χ3v) is 6.21. The van der Waals surface area contributed by atoms with E-state index in [2.05, 4.69) is 6.92 Å². The summed E-state index contributed by atoms with van der Waals surface area (Å²) in [4.78, 5) is 22.2. The molecule has 0 aromatic heterocycles. The molecule has 13 nitrogen and oxygen atoms in total. The first-order valence-electron chi connectivity index (χ1n) is 16.8. The minimum Gasteiger partial charge on any atom is -0.491 e. The molecular formula is C34H58O13. The van der Waals surface area contributed by atoms with Gasteiger partial charge in [0.05, 0.1) is 119 Å². The molecule has 1 rings (SSSR count). The van der Waals surface area contributed by atoms with E-state index in [9.17, 15) is 9.59 Å². The lowest BCUT2D eigenvalue weighted by atomic mass is 10.2. The summed E-state index contributed by atoms with van der Waals surface area (Å²) >= 11 is 0. The maximum absolute atomic E-state index is 11.5. The van der Waals surface area contributed by atoms with Crippen LogP contribution >= 0.6 is 0 Å². The zero-order valence-electron chi connectivity index (χ0n) is 28.4. The number of esters is 1. The number of hydrogen-bond acceptors (Lipinski definition) is 13. The summed E-state index contributed by atoms with van der Waals surface area (Å²) in [6, 6.07) is 6.93. The van der Waals surface area contributed by atoms with Crippen molar-refractivity contribution in [2.45, 2.75) is 39.0 Å². The molecule has 0 N–H and O–H groups in total. The maximum atomic E-state index is 11.5. The van der Waals surface area contributed by atoms with Crippen LogP contribution in [0.3, 0.4) is 0 Å². The minimum atomic E-state index is -0.155. The van der Waals surface area contributed by atoms with Crippen molar-refractivity contribution in [2.75, 3.05) is 132 Å². The molecule has 0 saturated heterocycles. The highest BCUT2D eigenvalue weighted by Gasteiger charge is 2.02.